The van der Waals surface area contributed by atoms with Gasteiger partial charge in [-0.2, -0.15) is 10.2 Å². The fraction of sp³-hybridized carbons (Fsp3) is 0.545. The van der Waals surface area contributed by atoms with Gasteiger partial charge in [-0.15, -0.1) is 0 Å². The van der Waals surface area contributed by atoms with E-state index in [1.54, 1.807) is 0 Å². The number of nitrogens with zero attached hydrogens (tertiary/aromatic N) is 5. The van der Waals surface area contributed by atoms with Gasteiger partial charge in [-0.1, -0.05) is 13.8 Å². The van der Waals surface area contributed by atoms with Crippen LogP contribution in [0.5, 0.6) is 5.88 Å². The van der Waals surface area contributed by atoms with Crippen molar-refractivity contribution in [2.24, 2.45) is 18.9 Å². The minimum atomic E-state index is -0.0735. The Kier molecular flexibility index (Phi) is 5.15. The van der Waals surface area contributed by atoms with Crippen molar-refractivity contribution in [3.05, 3.63) is 24.2 Å². The maximum atomic E-state index is 11.7. The lowest BCUT2D eigenvalue weighted by Crippen LogP contribution is -2.22. The Morgan fingerprint density at radius 1 is 1.31 bits per heavy atom. The molecule has 0 bridgehead atoms. The van der Waals surface area contributed by atoms with Crippen molar-refractivity contribution < 1.29 is 9.53 Å². The first kappa shape index (κ1) is 19.6. The third-order valence-corrected chi connectivity index (χ3v) is 5.80. The highest BCUT2D eigenvalue weighted by Gasteiger charge is 2.29. The summed E-state index contributed by atoms with van der Waals surface area (Å²) in [5, 5.41) is 10.0. The van der Waals surface area contributed by atoms with Gasteiger partial charge in [0.05, 0.1) is 17.3 Å². The van der Waals surface area contributed by atoms with Crippen LogP contribution in [-0.4, -0.2) is 36.4 Å². The predicted octanol–water partition coefficient (Wildman–Crippen LogP) is 3.93. The van der Waals surface area contributed by atoms with E-state index in [1.165, 1.54) is 0 Å². The molecule has 0 aliphatic heterocycles. The zero-order chi connectivity index (χ0) is 20.7. The Balaban J connectivity index is 1.71. The van der Waals surface area contributed by atoms with Gasteiger partial charge >= 0.3 is 0 Å². The van der Waals surface area contributed by atoms with Crippen LogP contribution >= 0.6 is 0 Å². The Hall–Kier alpha value is -2.70. The van der Waals surface area contributed by atoms with Gasteiger partial charge in [-0.05, 0) is 32.3 Å². The molecule has 3 aromatic heterocycles. The van der Waals surface area contributed by atoms with Crippen molar-refractivity contribution in [2.75, 3.05) is 0 Å². The molecule has 0 saturated heterocycles. The standard InChI is InChI=1S/C22H29N5O2/c1-13(2)11-27-12-17(10-23-27)19-9-20-21(14(3)26(5)25-20)22(24-19)29-15(4)16-6-7-18(28)8-16/h9-10,12-13,15-16H,6-8,11H2,1-5H3/t15-,16+/m1/s1. The molecule has 1 aliphatic carbocycles. The number of carbonyl (C=O) groups excluding carboxylic acids is 1. The quantitative estimate of drug-likeness (QED) is 0.632. The lowest BCUT2D eigenvalue weighted by molar-refractivity contribution is -0.117. The molecule has 3 heterocycles. The monoisotopic (exact) mass is 395 g/mol. The van der Waals surface area contributed by atoms with Crippen molar-refractivity contribution in [3.63, 3.8) is 0 Å². The summed E-state index contributed by atoms with van der Waals surface area (Å²) in [4.78, 5) is 16.6. The fourth-order valence-electron chi connectivity index (χ4n) is 4.05. The Bertz CT molecular complexity index is 1050. The molecule has 0 amide bonds. The van der Waals surface area contributed by atoms with Crippen molar-refractivity contribution in [3.8, 4) is 17.1 Å². The smallest absolute Gasteiger partial charge is 0.225 e. The average molecular weight is 396 g/mol. The number of aromatic nitrogens is 5. The topological polar surface area (TPSA) is 74.8 Å². The molecule has 1 saturated carbocycles. The number of ketones is 1. The summed E-state index contributed by atoms with van der Waals surface area (Å²) in [6.07, 6.45) is 5.93. The van der Waals surface area contributed by atoms with Gasteiger partial charge in [0.1, 0.15) is 17.4 Å². The number of pyridine rings is 1. The highest BCUT2D eigenvalue weighted by Crippen LogP contribution is 2.34. The maximum absolute atomic E-state index is 11.7. The van der Waals surface area contributed by atoms with E-state index in [2.05, 4.69) is 24.0 Å². The molecule has 154 valence electrons. The summed E-state index contributed by atoms with van der Waals surface area (Å²) in [6.45, 7) is 9.26. The maximum Gasteiger partial charge on any atom is 0.225 e. The molecule has 1 fully saturated rings. The largest absolute Gasteiger partial charge is 0.474 e. The molecule has 0 spiro atoms. The number of Topliss-reactive ketones (excluding diaryl/α,β-unsaturated/α-hetero) is 1. The average Bonchev–Trinajstić information content (AvgIpc) is 3.35. The highest BCUT2D eigenvalue weighted by atomic mass is 16.5. The molecule has 0 aromatic carbocycles. The van der Waals surface area contributed by atoms with Crippen LogP contribution in [0.15, 0.2) is 18.5 Å². The van der Waals surface area contributed by atoms with E-state index >= 15 is 0 Å². The van der Waals surface area contributed by atoms with Crippen LogP contribution in [0.3, 0.4) is 0 Å². The van der Waals surface area contributed by atoms with Gasteiger partial charge in [0, 0.05) is 49.8 Å². The lowest BCUT2D eigenvalue weighted by Gasteiger charge is -2.20. The number of aryl methyl sites for hydroxylation is 2. The first-order chi connectivity index (χ1) is 13.8. The molecule has 0 radical (unpaired) electrons. The molecule has 2 atom stereocenters. The second-order valence-electron chi connectivity index (χ2n) is 8.63. The Morgan fingerprint density at radius 3 is 2.79 bits per heavy atom. The molecule has 7 nitrogen and oxygen atoms in total. The van der Waals surface area contributed by atoms with Crippen molar-refractivity contribution in [1.82, 2.24) is 24.5 Å². The third-order valence-electron chi connectivity index (χ3n) is 5.80. The van der Waals surface area contributed by atoms with E-state index in [0.29, 0.717) is 30.4 Å². The molecule has 4 rings (SSSR count). The van der Waals surface area contributed by atoms with Gasteiger partial charge in [-0.3, -0.25) is 14.2 Å². The molecule has 7 heteroatoms. The van der Waals surface area contributed by atoms with E-state index in [1.807, 2.05) is 48.7 Å². The second kappa shape index (κ2) is 7.61. The van der Waals surface area contributed by atoms with E-state index < -0.39 is 0 Å². The third kappa shape index (κ3) is 3.91. The van der Waals surface area contributed by atoms with E-state index in [4.69, 9.17) is 9.72 Å². The van der Waals surface area contributed by atoms with Crippen LogP contribution in [0.4, 0.5) is 0 Å². The number of hydrogen-bond donors (Lipinski definition) is 0. The summed E-state index contributed by atoms with van der Waals surface area (Å²) < 4.78 is 10.1. The molecule has 29 heavy (non-hydrogen) atoms. The van der Waals surface area contributed by atoms with E-state index in [9.17, 15) is 4.79 Å². The van der Waals surface area contributed by atoms with Crippen molar-refractivity contribution in [1.29, 1.82) is 0 Å². The van der Waals surface area contributed by atoms with Gasteiger partial charge in [0.25, 0.3) is 0 Å². The number of fused-ring (bicyclic) bond motifs is 1. The minimum Gasteiger partial charge on any atom is -0.474 e. The van der Waals surface area contributed by atoms with Crippen LogP contribution in [-0.2, 0) is 18.4 Å². The van der Waals surface area contributed by atoms with E-state index in [0.717, 1.165) is 40.8 Å². The first-order valence-corrected chi connectivity index (χ1v) is 10.4. The summed E-state index contributed by atoms with van der Waals surface area (Å²) >= 11 is 0. The number of carbonyl (C=O) groups is 1. The van der Waals surface area contributed by atoms with Crippen LogP contribution < -0.4 is 4.74 Å². The molecule has 3 aromatic rings. The molecular formula is C22H29N5O2. The highest BCUT2D eigenvalue weighted by molar-refractivity contribution is 5.89. The van der Waals surface area contributed by atoms with Crippen LogP contribution in [0.25, 0.3) is 22.2 Å². The SMILES string of the molecule is Cc1c2c(O[C@H](C)[C@H]3CCC(=O)C3)nc(-c3cnn(CC(C)C)c3)cc2nn1C. The lowest BCUT2D eigenvalue weighted by atomic mass is 10.0. The van der Waals surface area contributed by atoms with Crippen LogP contribution in [0.2, 0.25) is 0 Å². The van der Waals surface area contributed by atoms with Gasteiger partial charge in [0.2, 0.25) is 5.88 Å². The van der Waals surface area contributed by atoms with Crippen molar-refractivity contribution in [2.45, 2.75) is 59.6 Å². The van der Waals surface area contributed by atoms with Crippen LogP contribution in [0, 0.1) is 18.8 Å². The van der Waals surface area contributed by atoms with Crippen LogP contribution in [0.1, 0.15) is 45.7 Å². The van der Waals surface area contributed by atoms with Crippen molar-refractivity contribution >= 4 is 16.7 Å². The minimum absolute atomic E-state index is 0.0735. The number of hydrogen-bond acceptors (Lipinski definition) is 5. The molecule has 0 unspecified atom stereocenters. The molecular weight excluding hydrogens is 366 g/mol. The zero-order valence-electron chi connectivity index (χ0n) is 17.8. The second-order valence-corrected chi connectivity index (χ2v) is 8.63. The summed E-state index contributed by atoms with van der Waals surface area (Å²) in [6, 6.07) is 2.00. The fourth-order valence-corrected chi connectivity index (χ4v) is 4.05. The van der Waals surface area contributed by atoms with E-state index in [-0.39, 0.29) is 12.0 Å². The van der Waals surface area contributed by atoms with Gasteiger partial charge < -0.3 is 4.74 Å². The number of ether oxygens (including phenoxy) is 1. The molecule has 0 N–H and O–H groups in total. The zero-order valence-corrected chi connectivity index (χ0v) is 17.8. The summed E-state index contributed by atoms with van der Waals surface area (Å²) in [7, 11) is 1.93. The summed E-state index contributed by atoms with van der Waals surface area (Å²) in [5.74, 6) is 1.68. The Labute approximate surface area is 171 Å². The predicted molar refractivity (Wildman–Crippen MR) is 112 cm³/mol. The van der Waals surface area contributed by atoms with Gasteiger partial charge in [0.15, 0.2) is 0 Å². The Morgan fingerprint density at radius 2 is 2.10 bits per heavy atom. The first-order valence-electron chi connectivity index (χ1n) is 10.4. The summed E-state index contributed by atoms with van der Waals surface area (Å²) in [5.41, 5.74) is 3.62. The molecule has 1 aliphatic rings. The normalized spacial score (nSPS) is 18.1. The van der Waals surface area contributed by atoms with Gasteiger partial charge in [-0.25, -0.2) is 4.98 Å². The number of rotatable bonds is 6.